The lowest BCUT2D eigenvalue weighted by atomic mass is 10.1. The van der Waals surface area contributed by atoms with E-state index in [2.05, 4.69) is 47.8 Å². The van der Waals surface area contributed by atoms with Gasteiger partial charge in [-0.15, -0.1) is 0 Å². The number of benzene rings is 1. The Morgan fingerprint density at radius 3 is 2.00 bits per heavy atom. The summed E-state index contributed by atoms with van der Waals surface area (Å²) in [5.74, 6) is 0.587. The Kier molecular flexibility index (Phi) is 6.54. The monoisotopic (exact) mass is 469 g/mol. The van der Waals surface area contributed by atoms with Crippen molar-refractivity contribution in [2.45, 2.75) is 39.8 Å². The number of amides is 1. The van der Waals surface area contributed by atoms with Gasteiger partial charge in [-0.2, -0.15) is 0 Å². The van der Waals surface area contributed by atoms with Gasteiger partial charge in [0.15, 0.2) is 0 Å². The molecule has 0 saturated carbocycles. The first-order valence-corrected chi connectivity index (χ1v) is 8.64. The number of hydrogen-bond acceptors (Lipinski definition) is 2. The molecule has 1 rings (SSSR count). The normalized spacial score (nSPS) is 11.1. The van der Waals surface area contributed by atoms with E-state index in [9.17, 15) is 4.79 Å². The summed E-state index contributed by atoms with van der Waals surface area (Å²) in [5.41, 5.74) is 0.576. The van der Waals surface area contributed by atoms with Crippen molar-refractivity contribution in [3.05, 3.63) is 25.0 Å². The zero-order valence-corrected chi connectivity index (χ0v) is 16.9. The van der Waals surface area contributed by atoms with Crippen molar-refractivity contribution in [1.29, 1.82) is 0 Å². The van der Waals surface area contributed by atoms with Crippen molar-refractivity contribution in [3.8, 4) is 5.75 Å². The molecular formula is C14H18Br3NO2. The van der Waals surface area contributed by atoms with Crippen LogP contribution in [0.1, 0.15) is 38.1 Å². The Morgan fingerprint density at radius 2 is 1.60 bits per heavy atom. The maximum atomic E-state index is 12.8. The van der Waals surface area contributed by atoms with Crippen LogP contribution in [-0.2, 0) is 0 Å². The minimum absolute atomic E-state index is 0.0282. The average Bonchev–Trinajstić information content (AvgIpc) is 2.27. The van der Waals surface area contributed by atoms with Gasteiger partial charge in [0.05, 0.1) is 21.6 Å². The number of rotatable bonds is 4. The van der Waals surface area contributed by atoms with Crippen LogP contribution in [0.3, 0.4) is 0 Å². The van der Waals surface area contributed by atoms with E-state index in [1.54, 1.807) is 7.11 Å². The molecule has 0 bridgehead atoms. The van der Waals surface area contributed by atoms with Gasteiger partial charge in [-0.3, -0.25) is 4.79 Å². The Labute approximate surface area is 145 Å². The lowest BCUT2D eigenvalue weighted by Gasteiger charge is -2.31. The number of nitrogens with zero attached hydrogens (tertiary/aromatic N) is 1. The molecule has 3 nitrogen and oxygen atoms in total. The number of carbonyl (C=O) groups is 1. The van der Waals surface area contributed by atoms with Crippen molar-refractivity contribution < 1.29 is 9.53 Å². The molecule has 0 fully saturated rings. The number of hydrogen-bond donors (Lipinski definition) is 0. The minimum atomic E-state index is -0.0282. The summed E-state index contributed by atoms with van der Waals surface area (Å²) in [4.78, 5) is 14.7. The third-order valence-corrected chi connectivity index (χ3v) is 4.86. The molecular weight excluding hydrogens is 454 g/mol. The molecule has 0 saturated heterocycles. The van der Waals surface area contributed by atoms with Crippen molar-refractivity contribution in [2.75, 3.05) is 7.11 Å². The van der Waals surface area contributed by atoms with Crippen molar-refractivity contribution in [3.63, 3.8) is 0 Å². The van der Waals surface area contributed by atoms with E-state index >= 15 is 0 Å². The molecule has 0 atom stereocenters. The van der Waals surface area contributed by atoms with Gasteiger partial charge in [0.25, 0.3) is 5.91 Å². The molecule has 0 spiro atoms. The quantitative estimate of drug-likeness (QED) is 0.600. The Balaban J connectivity index is 3.42. The summed E-state index contributed by atoms with van der Waals surface area (Å²) in [6.45, 7) is 8.04. The highest BCUT2D eigenvalue weighted by molar-refractivity contribution is 9.11. The first-order chi connectivity index (χ1) is 9.22. The van der Waals surface area contributed by atoms with Gasteiger partial charge in [0.2, 0.25) is 0 Å². The SMILES string of the molecule is COc1c(Br)cc(Br)c(C(=O)N(C(C)C)C(C)C)c1Br. The second-order valence-corrected chi connectivity index (χ2v) is 7.46. The molecule has 112 valence electrons. The first-order valence-electron chi connectivity index (χ1n) is 6.26. The van der Waals surface area contributed by atoms with E-state index in [0.29, 0.717) is 15.8 Å². The standard InChI is InChI=1S/C14H18Br3NO2/c1-7(2)18(8(3)4)14(19)11-9(15)6-10(16)13(20-5)12(11)17/h6-8H,1-5H3. The second kappa shape index (κ2) is 7.27. The number of methoxy groups -OCH3 is 1. The molecule has 0 heterocycles. The van der Waals surface area contributed by atoms with E-state index in [0.717, 1.165) is 8.95 Å². The van der Waals surface area contributed by atoms with E-state index in [-0.39, 0.29) is 18.0 Å². The van der Waals surface area contributed by atoms with Crippen LogP contribution in [0.25, 0.3) is 0 Å². The molecule has 1 aromatic carbocycles. The van der Waals surface area contributed by atoms with Gasteiger partial charge in [-0.1, -0.05) is 0 Å². The fourth-order valence-corrected chi connectivity index (χ4v) is 4.93. The van der Waals surface area contributed by atoms with E-state index in [1.807, 2.05) is 38.7 Å². The third-order valence-electron chi connectivity index (χ3n) is 2.89. The lowest BCUT2D eigenvalue weighted by molar-refractivity contribution is 0.0641. The molecule has 0 aliphatic rings. The largest absolute Gasteiger partial charge is 0.494 e. The van der Waals surface area contributed by atoms with Crippen LogP contribution >= 0.6 is 47.8 Å². The van der Waals surface area contributed by atoms with Crippen molar-refractivity contribution >= 4 is 53.7 Å². The Morgan fingerprint density at radius 1 is 1.10 bits per heavy atom. The summed E-state index contributed by atoms with van der Waals surface area (Å²) < 4.78 is 7.51. The van der Waals surface area contributed by atoms with Crippen molar-refractivity contribution in [1.82, 2.24) is 4.90 Å². The maximum Gasteiger partial charge on any atom is 0.256 e. The first kappa shape index (κ1) is 18.0. The second-order valence-electron chi connectivity index (χ2n) is 4.96. The number of ether oxygens (including phenoxy) is 1. The van der Waals surface area contributed by atoms with Gasteiger partial charge in [-0.25, -0.2) is 0 Å². The molecule has 0 radical (unpaired) electrons. The molecule has 0 aliphatic heterocycles. The molecule has 0 unspecified atom stereocenters. The highest BCUT2D eigenvalue weighted by atomic mass is 79.9. The van der Waals surface area contributed by atoms with Gasteiger partial charge in [0, 0.05) is 16.6 Å². The molecule has 6 heteroatoms. The van der Waals surface area contributed by atoms with E-state index < -0.39 is 0 Å². The zero-order valence-electron chi connectivity index (χ0n) is 12.1. The maximum absolute atomic E-state index is 12.8. The lowest BCUT2D eigenvalue weighted by Crippen LogP contribution is -2.42. The van der Waals surface area contributed by atoms with Crippen LogP contribution in [0, 0.1) is 0 Å². The van der Waals surface area contributed by atoms with Crippen LogP contribution in [0.2, 0.25) is 0 Å². The van der Waals surface area contributed by atoms with Crippen LogP contribution < -0.4 is 4.74 Å². The summed E-state index contributed by atoms with van der Waals surface area (Å²) in [7, 11) is 1.58. The number of halogens is 3. The summed E-state index contributed by atoms with van der Waals surface area (Å²) in [5, 5.41) is 0. The summed E-state index contributed by atoms with van der Waals surface area (Å²) >= 11 is 10.4. The molecule has 0 aliphatic carbocycles. The summed E-state index contributed by atoms with van der Waals surface area (Å²) in [6.07, 6.45) is 0. The topological polar surface area (TPSA) is 29.5 Å². The fraction of sp³-hybridized carbons (Fsp3) is 0.500. The van der Waals surface area contributed by atoms with Crippen LogP contribution in [0.4, 0.5) is 0 Å². The van der Waals surface area contributed by atoms with E-state index in [1.165, 1.54) is 0 Å². The predicted octanol–water partition coefficient (Wildman–Crippen LogP) is 5.24. The Hall–Kier alpha value is -0.0700. The van der Waals surface area contributed by atoms with E-state index in [4.69, 9.17) is 4.74 Å². The van der Waals surface area contributed by atoms with Crippen LogP contribution in [-0.4, -0.2) is 30.0 Å². The van der Waals surface area contributed by atoms with Crippen molar-refractivity contribution in [2.24, 2.45) is 0 Å². The molecule has 0 N–H and O–H groups in total. The molecule has 1 amide bonds. The summed E-state index contributed by atoms with van der Waals surface area (Å²) in [6, 6.07) is 2.07. The predicted molar refractivity (Wildman–Crippen MR) is 92.5 cm³/mol. The van der Waals surface area contributed by atoms with Gasteiger partial charge in [0.1, 0.15) is 5.75 Å². The smallest absolute Gasteiger partial charge is 0.256 e. The zero-order chi connectivity index (χ0) is 15.6. The average molecular weight is 472 g/mol. The van der Waals surface area contributed by atoms with Gasteiger partial charge < -0.3 is 9.64 Å². The highest BCUT2D eigenvalue weighted by Gasteiger charge is 2.27. The molecule has 0 aromatic heterocycles. The highest BCUT2D eigenvalue weighted by Crippen LogP contribution is 2.40. The van der Waals surface area contributed by atoms with Gasteiger partial charge in [-0.05, 0) is 81.6 Å². The number of carbonyl (C=O) groups excluding carboxylic acids is 1. The Bertz CT molecular complexity index is 508. The third kappa shape index (κ3) is 3.57. The molecule has 1 aromatic rings. The van der Waals surface area contributed by atoms with Crippen LogP contribution in [0.5, 0.6) is 5.75 Å². The fourth-order valence-electron chi connectivity index (χ4n) is 2.15. The molecule has 20 heavy (non-hydrogen) atoms. The van der Waals surface area contributed by atoms with Crippen LogP contribution in [0.15, 0.2) is 19.5 Å². The van der Waals surface area contributed by atoms with Gasteiger partial charge >= 0.3 is 0 Å². The minimum Gasteiger partial charge on any atom is -0.494 e.